The van der Waals surface area contributed by atoms with Crippen LogP contribution in [0.15, 0.2) is 40.4 Å². The van der Waals surface area contributed by atoms with Gasteiger partial charge >= 0.3 is 0 Å². The molecule has 2 fully saturated rings. The second-order valence-corrected chi connectivity index (χ2v) is 14.8. The van der Waals surface area contributed by atoms with Gasteiger partial charge in [0.2, 0.25) is 35.4 Å². The summed E-state index contributed by atoms with van der Waals surface area (Å²) in [5, 5.41) is 25.1. The van der Waals surface area contributed by atoms with Crippen LogP contribution in [0.3, 0.4) is 0 Å². The fourth-order valence-corrected chi connectivity index (χ4v) is 7.18. The highest BCUT2D eigenvalue weighted by Crippen LogP contribution is 2.23. The Labute approximate surface area is 337 Å². The van der Waals surface area contributed by atoms with Crippen LogP contribution in [0.2, 0.25) is 0 Å². The standard InChI is InChI=1S/C38H59N13O7/c1-3-4-11-25-31(53)46-26(13-7-16-43-37(39)40)32(54)47-27(14-8-17-44-38(41)42)33(55)49-28(19-22-20-45-24-12-6-5-10-23(22)24)36(58)51-18-9-15-29(51)34(56)50-30(21(2)52)35(57)48-25/h5-6,10,12,20-21,25-30,45,52H,3-4,7-9,11,13-19H2,1-2H3,(H,46,53)(H,47,54)(H,48,57)(H,49,55)(H,50,56)(H4,39,40,43)(H4,41,42,44)/t21-,25+,26-,27+,28+,29-,30+/m1/s1. The number of aromatic nitrogens is 1. The van der Waals surface area contributed by atoms with Gasteiger partial charge in [0.1, 0.15) is 36.3 Å². The van der Waals surface area contributed by atoms with E-state index in [-0.39, 0.29) is 76.5 Å². The number of aliphatic hydroxyl groups excluding tert-OH is 1. The summed E-state index contributed by atoms with van der Waals surface area (Å²) in [4.78, 5) is 97.1. The molecule has 7 atom stereocenters. The highest BCUT2D eigenvalue weighted by molar-refractivity contribution is 5.99. The van der Waals surface area contributed by atoms with E-state index in [1.54, 1.807) is 6.20 Å². The van der Waals surface area contributed by atoms with Crippen LogP contribution in [0.5, 0.6) is 0 Å². The lowest BCUT2D eigenvalue weighted by Crippen LogP contribution is -2.62. The minimum atomic E-state index is -1.49. The van der Waals surface area contributed by atoms with Crippen molar-refractivity contribution in [2.24, 2.45) is 32.9 Å². The number of hydrogen-bond acceptors (Lipinski definition) is 9. The third kappa shape index (κ3) is 12.5. The molecule has 1 aromatic carbocycles. The number of H-pyrrole nitrogens is 1. The fourth-order valence-electron chi connectivity index (χ4n) is 7.18. The number of carbonyl (C=O) groups is 6. The van der Waals surface area contributed by atoms with Crippen LogP contribution >= 0.6 is 0 Å². The van der Waals surface area contributed by atoms with Crippen LogP contribution < -0.4 is 49.5 Å². The Bertz CT molecular complexity index is 1820. The maximum Gasteiger partial charge on any atom is 0.246 e. The molecule has 15 N–H and O–H groups in total. The molecule has 2 aromatic rings. The number of para-hydroxylation sites is 1. The fraction of sp³-hybridized carbons (Fsp3) is 0.579. The Morgan fingerprint density at radius 1 is 0.759 bits per heavy atom. The number of nitrogens with two attached hydrogens (primary N) is 4. The quantitative estimate of drug-likeness (QED) is 0.0554. The number of aliphatic imine (C=N–C) groups is 2. The lowest BCUT2D eigenvalue weighted by atomic mass is 10.0. The van der Waals surface area contributed by atoms with Crippen LogP contribution in [0.1, 0.15) is 77.2 Å². The van der Waals surface area contributed by atoms with Gasteiger partial charge in [-0.3, -0.25) is 38.8 Å². The van der Waals surface area contributed by atoms with Crippen LogP contribution in [0.25, 0.3) is 10.9 Å². The molecule has 2 aliphatic heterocycles. The Balaban J connectivity index is 1.78. The van der Waals surface area contributed by atoms with Crippen molar-refractivity contribution in [2.45, 2.75) is 120 Å². The van der Waals surface area contributed by atoms with E-state index in [9.17, 15) is 33.9 Å². The van der Waals surface area contributed by atoms with E-state index in [2.05, 4.69) is 41.6 Å². The molecule has 318 valence electrons. The summed E-state index contributed by atoms with van der Waals surface area (Å²) < 4.78 is 0. The van der Waals surface area contributed by atoms with Gasteiger partial charge in [-0.2, -0.15) is 0 Å². The molecule has 3 heterocycles. The maximum absolute atomic E-state index is 14.6. The molecule has 2 saturated heterocycles. The molecule has 0 radical (unpaired) electrons. The average molecular weight is 810 g/mol. The first-order chi connectivity index (χ1) is 27.7. The van der Waals surface area contributed by atoms with Crippen LogP contribution in [0.4, 0.5) is 0 Å². The Hall–Kier alpha value is -5.92. The Kier molecular flexibility index (Phi) is 16.7. The lowest BCUT2D eigenvalue weighted by Gasteiger charge is -2.32. The summed E-state index contributed by atoms with van der Waals surface area (Å²) in [5.41, 5.74) is 23.6. The summed E-state index contributed by atoms with van der Waals surface area (Å²) in [6.07, 6.45) is 3.04. The summed E-state index contributed by atoms with van der Waals surface area (Å²) in [6, 6.07) is 0.123. The molecule has 4 rings (SSSR count). The summed E-state index contributed by atoms with van der Waals surface area (Å²) in [7, 11) is 0. The van der Waals surface area contributed by atoms with Gasteiger partial charge in [-0.05, 0) is 63.5 Å². The van der Waals surface area contributed by atoms with Crippen molar-refractivity contribution < 1.29 is 33.9 Å². The van der Waals surface area contributed by atoms with Crippen molar-refractivity contribution >= 4 is 58.3 Å². The summed E-state index contributed by atoms with van der Waals surface area (Å²) in [6.45, 7) is 3.67. The highest BCUT2D eigenvalue weighted by Gasteiger charge is 2.41. The van der Waals surface area contributed by atoms with Gasteiger partial charge in [-0.15, -0.1) is 0 Å². The van der Waals surface area contributed by atoms with E-state index < -0.39 is 77.8 Å². The number of benzene rings is 1. The minimum Gasteiger partial charge on any atom is -0.391 e. The molecule has 0 spiro atoms. The third-order valence-electron chi connectivity index (χ3n) is 10.3. The highest BCUT2D eigenvalue weighted by atomic mass is 16.3. The van der Waals surface area contributed by atoms with Crippen molar-refractivity contribution in [1.82, 2.24) is 36.5 Å². The van der Waals surface area contributed by atoms with E-state index in [4.69, 9.17) is 22.9 Å². The van der Waals surface area contributed by atoms with Crippen molar-refractivity contribution in [1.29, 1.82) is 0 Å². The molecule has 0 aliphatic carbocycles. The number of carbonyl (C=O) groups excluding carboxylic acids is 6. The summed E-state index contributed by atoms with van der Waals surface area (Å²) in [5.74, 6) is -4.46. The third-order valence-corrected chi connectivity index (χ3v) is 10.3. The zero-order chi connectivity index (χ0) is 42.4. The van der Waals surface area contributed by atoms with Crippen LogP contribution in [-0.2, 0) is 35.2 Å². The smallest absolute Gasteiger partial charge is 0.246 e. The largest absolute Gasteiger partial charge is 0.391 e. The van der Waals surface area contributed by atoms with Gasteiger partial charge in [-0.1, -0.05) is 38.0 Å². The van der Waals surface area contributed by atoms with Gasteiger partial charge in [-0.25, -0.2) is 0 Å². The molecule has 6 amide bonds. The van der Waals surface area contributed by atoms with Gasteiger partial charge < -0.3 is 64.5 Å². The van der Waals surface area contributed by atoms with E-state index >= 15 is 0 Å². The number of fused-ring (bicyclic) bond motifs is 2. The second kappa shape index (κ2) is 21.6. The molecular formula is C38H59N13O7. The predicted molar refractivity (Wildman–Crippen MR) is 217 cm³/mol. The average Bonchev–Trinajstić information content (AvgIpc) is 3.84. The number of aromatic amines is 1. The number of aliphatic hydroxyl groups is 1. The number of nitrogens with zero attached hydrogens (tertiary/aromatic N) is 3. The molecule has 1 aromatic heterocycles. The van der Waals surface area contributed by atoms with Gasteiger partial charge in [0.05, 0.1) is 6.10 Å². The van der Waals surface area contributed by atoms with Crippen molar-refractivity contribution in [3.8, 4) is 0 Å². The predicted octanol–water partition coefficient (Wildman–Crippen LogP) is -2.18. The summed E-state index contributed by atoms with van der Waals surface area (Å²) >= 11 is 0. The number of hydrogen-bond donors (Lipinski definition) is 11. The number of nitrogens with one attached hydrogen (secondary N) is 6. The van der Waals surface area contributed by atoms with E-state index in [1.807, 2.05) is 31.2 Å². The van der Waals surface area contributed by atoms with Gasteiger partial charge in [0.25, 0.3) is 0 Å². The number of rotatable bonds is 14. The lowest BCUT2D eigenvalue weighted by molar-refractivity contribution is -0.143. The molecule has 0 unspecified atom stereocenters. The molecule has 2 aliphatic rings. The Morgan fingerprint density at radius 2 is 1.29 bits per heavy atom. The maximum atomic E-state index is 14.6. The van der Waals surface area contributed by atoms with Crippen LogP contribution in [0, 0.1) is 0 Å². The molecule has 58 heavy (non-hydrogen) atoms. The second-order valence-electron chi connectivity index (χ2n) is 14.8. The number of guanidine groups is 2. The first-order valence-electron chi connectivity index (χ1n) is 19.9. The van der Waals surface area contributed by atoms with Crippen molar-refractivity contribution in [2.75, 3.05) is 19.6 Å². The zero-order valence-electron chi connectivity index (χ0n) is 33.2. The Morgan fingerprint density at radius 3 is 1.84 bits per heavy atom. The zero-order valence-corrected chi connectivity index (χ0v) is 33.2. The molecule has 0 saturated carbocycles. The van der Waals surface area contributed by atoms with E-state index in [0.717, 1.165) is 16.5 Å². The van der Waals surface area contributed by atoms with Gasteiger partial charge in [0.15, 0.2) is 11.9 Å². The molecule has 20 heteroatoms. The monoisotopic (exact) mass is 809 g/mol. The number of amides is 6. The van der Waals surface area contributed by atoms with Crippen molar-refractivity contribution in [3.63, 3.8) is 0 Å². The van der Waals surface area contributed by atoms with Crippen molar-refractivity contribution in [3.05, 3.63) is 36.0 Å². The van der Waals surface area contributed by atoms with Crippen LogP contribution in [-0.4, -0.2) is 124 Å². The topological polar surface area (TPSA) is 331 Å². The molecule has 20 nitrogen and oxygen atoms in total. The first kappa shape index (κ1) is 44.8. The van der Waals surface area contributed by atoms with Gasteiger partial charge in [0, 0.05) is 43.2 Å². The number of unbranched alkanes of at least 4 members (excludes halogenated alkanes) is 1. The molecule has 0 bridgehead atoms. The minimum absolute atomic E-state index is 0.0232. The first-order valence-corrected chi connectivity index (χ1v) is 19.9. The van der Waals surface area contributed by atoms with E-state index in [1.165, 1.54) is 11.8 Å². The SMILES string of the molecule is CCCC[C@@H]1NC(=O)[C@H]([C@@H](C)O)NC(=O)[C@H]2CCCN2C(=O)[C@H](Cc2c[nH]c3ccccc23)NC(=O)[C@H](CCCN=C(N)N)NC(=O)[C@@H](CCCN=C(N)N)NC1=O. The normalized spacial score (nSPS) is 24.3. The molecular weight excluding hydrogens is 751 g/mol. The van der Waals surface area contributed by atoms with E-state index in [0.29, 0.717) is 19.3 Å².